The van der Waals surface area contributed by atoms with E-state index in [1.807, 2.05) is 6.26 Å². The fourth-order valence-corrected chi connectivity index (χ4v) is 2.35. The molecule has 1 fully saturated rings. The molecule has 1 aromatic carbocycles. The lowest BCUT2D eigenvalue weighted by Gasteiger charge is -2.13. The number of rotatable bonds is 4. The summed E-state index contributed by atoms with van der Waals surface area (Å²) < 4.78 is 12.9. The van der Waals surface area contributed by atoms with Gasteiger partial charge in [-0.15, -0.1) is 0 Å². The minimum Gasteiger partial charge on any atom is -0.507 e. The zero-order valence-corrected chi connectivity index (χ0v) is 10.3. The molecule has 17 heavy (non-hydrogen) atoms. The van der Waals surface area contributed by atoms with Crippen LogP contribution in [0.25, 0.3) is 0 Å². The van der Waals surface area contributed by atoms with Gasteiger partial charge in [-0.3, -0.25) is 4.79 Å². The Hall–Kier alpha value is -1.23. The topological polar surface area (TPSA) is 49.3 Å². The Bertz CT molecular complexity index is 446. The molecule has 0 aromatic heterocycles. The van der Waals surface area contributed by atoms with Gasteiger partial charge in [0.15, 0.2) is 0 Å². The van der Waals surface area contributed by atoms with Crippen molar-refractivity contribution in [3.8, 4) is 5.75 Å². The first-order chi connectivity index (χ1) is 8.06. The highest BCUT2D eigenvalue weighted by Crippen LogP contribution is 2.46. The summed E-state index contributed by atoms with van der Waals surface area (Å²) >= 11 is 1.74. The molecule has 0 saturated heterocycles. The van der Waals surface area contributed by atoms with Crippen LogP contribution in [0.2, 0.25) is 0 Å². The number of halogens is 1. The van der Waals surface area contributed by atoms with Crippen molar-refractivity contribution in [1.82, 2.24) is 5.32 Å². The predicted octanol–water partition coefficient (Wildman–Crippen LogP) is 2.16. The largest absolute Gasteiger partial charge is 0.507 e. The molecule has 0 spiro atoms. The zero-order chi connectivity index (χ0) is 12.5. The Kier molecular flexibility index (Phi) is 3.28. The average Bonchev–Trinajstić information content (AvgIpc) is 3.07. The van der Waals surface area contributed by atoms with Crippen LogP contribution < -0.4 is 5.32 Å². The maximum atomic E-state index is 12.8. The van der Waals surface area contributed by atoms with Gasteiger partial charge in [-0.1, -0.05) is 0 Å². The van der Waals surface area contributed by atoms with Crippen LogP contribution in [0.3, 0.4) is 0 Å². The van der Waals surface area contributed by atoms with Gasteiger partial charge < -0.3 is 10.4 Å². The van der Waals surface area contributed by atoms with E-state index in [-0.39, 0.29) is 22.0 Å². The van der Waals surface area contributed by atoms with E-state index in [0.29, 0.717) is 6.54 Å². The van der Waals surface area contributed by atoms with Gasteiger partial charge in [-0.25, -0.2) is 4.39 Å². The number of hydrogen-bond acceptors (Lipinski definition) is 3. The van der Waals surface area contributed by atoms with Crippen LogP contribution in [-0.4, -0.2) is 28.6 Å². The molecule has 0 unspecified atom stereocenters. The Morgan fingerprint density at radius 2 is 2.29 bits per heavy atom. The zero-order valence-electron chi connectivity index (χ0n) is 9.50. The monoisotopic (exact) mass is 255 g/mol. The van der Waals surface area contributed by atoms with E-state index in [1.165, 1.54) is 6.07 Å². The number of nitrogens with one attached hydrogen (secondary N) is 1. The molecule has 1 amide bonds. The first-order valence-electron chi connectivity index (χ1n) is 5.38. The summed E-state index contributed by atoms with van der Waals surface area (Å²) in [7, 11) is 0. The molecule has 2 rings (SSSR count). The van der Waals surface area contributed by atoms with Crippen molar-refractivity contribution in [3.05, 3.63) is 29.6 Å². The Balaban J connectivity index is 2.00. The van der Waals surface area contributed by atoms with Crippen molar-refractivity contribution < 1.29 is 14.3 Å². The van der Waals surface area contributed by atoms with Gasteiger partial charge in [-0.05, 0) is 31.2 Å². The Morgan fingerprint density at radius 3 is 2.82 bits per heavy atom. The van der Waals surface area contributed by atoms with Crippen LogP contribution in [0, 0.1) is 5.82 Å². The molecular formula is C12H14FNO2S. The summed E-state index contributed by atoms with van der Waals surface area (Å²) in [5.74, 6) is -1.24. The molecule has 0 radical (unpaired) electrons. The van der Waals surface area contributed by atoms with Crippen molar-refractivity contribution in [2.45, 2.75) is 17.6 Å². The molecule has 3 nitrogen and oxygen atoms in total. The van der Waals surface area contributed by atoms with E-state index in [4.69, 9.17) is 0 Å². The quantitative estimate of drug-likeness (QED) is 0.866. The number of hydrogen-bond donors (Lipinski definition) is 2. The van der Waals surface area contributed by atoms with Crippen LogP contribution in [0.4, 0.5) is 4.39 Å². The van der Waals surface area contributed by atoms with Crippen molar-refractivity contribution in [1.29, 1.82) is 0 Å². The SMILES string of the molecule is CSC1(CNC(=O)c2ccc(F)cc2O)CC1. The normalized spacial score (nSPS) is 16.6. The lowest BCUT2D eigenvalue weighted by atomic mass is 10.2. The molecule has 1 saturated carbocycles. The standard InChI is InChI=1S/C12H14FNO2S/c1-17-12(4-5-12)7-14-11(16)9-3-2-8(13)6-10(9)15/h2-3,6,15H,4-5,7H2,1H3,(H,14,16). The minimum absolute atomic E-state index is 0.114. The minimum atomic E-state index is -0.554. The molecule has 1 aliphatic rings. The number of thioether (sulfide) groups is 1. The Morgan fingerprint density at radius 1 is 1.59 bits per heavy atom. The van der Waals surface area contributed by atoms with E-state index in [0.717, 1.165) is 25.0 Å². The summed E-state index contributed by atoms with van der Waals surface area (Å²) in [6.07, 6.45) is 4.22. The molecule has 0 atom stereocenters. The third-order valence-corrected chi connectivity index (χ3v) is 4.43. The van der Waals surface area contributed by atoms with Gasteiger partial charge in [0.25, 0.3) is 5.91 Å². The number of phenolic OH excluding ortho intramolecular Hbond substituents is 1. The van der Waals surface area contributed by atoms with Crippen LogP contribution in [0.5, 0.6) is 5.75 Å². The molecule has 2 N–H and O–H groups in total. The Labute approximate surface area is 103 Å². The summed E-state index contributed by atoms with van der Waals surface area (Å²) in [4.78, 5) is 11.8. The van der Waals surface area contributed by atoms with Gasteiger partial charge >= 0.3 is 0 Å². The van der Waals surface area contributed by atoms with E-state index < -0.39 is 5.82 Å². The number of carbonyl (C=O) groups is 1. The fraction of sp³-hybridized carbons (Fsp3) is 0.417. The van der Waals surface area contributed by atoms with E-state index >= 15 is 0 Å². The molecule has 1 aromatic rings. The second kappa shape index (κ2) is 4.56. The van der Waals surface area contributed by atoms with Crippen LogP contribution in [0.1, 0.15) is 23.2 Å². The third-order valence-electron chi connectivity index (χ3n) is 3.02. The highest BCUT2D eigenvalue weighted by molar-refractivity contribution is 8.00. The molecule has 0 bridgehead atoms. The van der Waals surface area contributed by atoms with E-state index in [2.05, 4.69) is 5.32 Å². The van der Waals surface area contributed by atoms with Crippen LogP contribution in [0.15, 0.2) is 18.2 Å². The van der Waals surface area contributed by atoms with Crippen LogP contribution in [-0.2, 0) is 0 Å². The molecule has 1 aliphatic carbocycles. The lowest BCUT2D eigenvalue weighted by Crippen LogP contribution is -2.31. The second-order valence-electron chi connectivity index (χ2n) is 4.23. The number of amides is 1. The van der Waals surface area contributed by atoms with E-state index in [1.54, 1.807) is 11.8 Å². The van der Waals surface area contributed by atoms with Gasteiger partial charge in [0.05, 0.1) is 5.56 Å². The molecule has 0 aliphatic heterocycles. The molecule has 92 valence electrons. The maximum absolute atomic E-state index is 12.8. The van der Waals surface area contributed by atoms with Crippen molar-refractivity contribution in [3.63, 3.8) is 0 Å². The third kappa shape index (κ3) is 2.72. The van der Waals surface area contributed by atoms with Crippen molar-refractivity contribution in [2.75, 3.05) is 12.8 Å². The summed E-state index contributed by atoms with van der Waals surface area (Å²) in [6.45, 7) is 0.587. The van der Waals surface area contributed by atoms with Gasteiger partial charge in [0.1, 0.15) is 11.6 Å². The maximum Gasteiger partial charge on any atom is 0.255 e. The number of benzene rings is 1. The number of carbonyl (C=O) groups excluding carboxylic acids is 1. The van der Waals surface area contributed by atoms with E-state index in [9.17, 15) is 14.3 Å². The first-order valence-corrected chi connectivity index (χ1v) is 6.61. The summed E-state index contributed by atoms with van der Waals surface area (Å²) in [6, 6.07) is 3.39. The summed E-state index contributed by atoms with van der Waals surface area (Å²) in [5.41, 5.74) is 0.114. The average molecular weight is 255 g/mol. The van der Waals surface area contributed by atoms with Gasteiger partial charge in [0, 0.05) is 17.4 Å². The number of aromatic hydroxyl groups is 1. The first kappa shape index (κ1) is 12.2. The highest BCUT2D eigenvalue weighted by atomic mass is 32.2. The second-order valence-corrected chi connectivity index (χ2v) is 5.51. The molecule has 0 heterocycles. The molecular weight excluding hydrogens is 241 g/mol. The van der Waals surface area contributed by atoms with Crippen molar-refractivity contribution in [2.24, 2.45) is 0 Å². The van der Waals surface area contributed by atoms with Crippen LogP contribution >= 0.6 is 11.8 Å². The van der Waals surface area contributed by atoms with Crippen molar-refractivity contribution >= 4 is 17.7 Å². The fourth-order valence-electron chi connectivity index (χ4n) is 1.63. The highest BCUT2D eigenvalue weighted by Gasteiger charge is 2.42. The smallest absolute Gasteiger partial charge is 0.255 e. The summed E-state index contributed by atoms with van der Waals surface area (Å²) in [5, 5.41) is 12.2. The van der Waals surface area contributed by atoms with Gasteiger partial charge in [-0.2, -0.15) is 11.8 Å². The lowest BCUT2D eigenvalue weighted by molar-refractivity contribution is 0.0950. The predicted molar refractivity (Wildman–Crippen MR) is 65.9 cm³/mol. The van der Waals surface area contributed by atoms with Gasteiger partial charge in [0.2, 0.25) is 0 Å². The number of phenols is 1. The molecule has 5 heteroatoms.